The zero-order valence-electron chi connectivity index (χ0n) is 44.5. The van der Waals surface area contributed by atoms with Crippen LogP contribution in [0.25, 0.3) is 0 Å². The fourth-order valence-electron chi connectivity index (χ4n) is 13.5. The first-order chi connectivity index (χ1) is 35.2. The van der Waals surface area contributed by atoms with E-state index >= 15 is 4.79 Å². The number of benzene rings is 3. The first-order valence-corrected chi connectivity index (χ1v) is 25.9. The van der Waals surface area contributed by atoms with Crippen molar-refractivity contribution in [1.82, 2.24) is 30.6 Å². The Labute approximate surface area is 432 Å². The molecule has 74 heavy (non-hydrogen) atoms. The molecular weight excluding hydrogens is 927 g/mol. The number of Topliss-reactive ketones (excluding diaryl/α,β-unsaturated/α-hetero) is 3. The Balaban J connectivity index is 0.991. The van der Waals surface area contributed by atoms with Gasteiger partial charge in [0.15, 0.2) is 34.8 Å². The van der Waals surface area contributed by atoms with Gasteiger partial charge in [-0.2, -0.15) is 15.3 Å². The number of rotatable bonds is 7. The zero-order valence-corrected chi connectivity index (χ0v) is 44.5. The van der Waals surface area contributed by atoms with E-state index < -0.39 is 5.92 Å². The largest absolute Gasteiger partial charge is 0.497 e. The summed E-state index contributed by atoms with van der Waals surface area (Å²) in [7, 11) is 3.34. The van der Waals surface area contributed by atoms with E-state index in [4.69, 9.17) is 19.7 Å². The Kier molecular flexibility index (Phi) is 10.6. The molecule has 14 heteroatoms. The van der Waals surface area contributed by atoms with Crippen LogP contribution in [0.3, 0.4) is 0 Å². The van der Waals surface area contributed by atoms with Gasteiger partial charge < -0.3 is 14.8 Å². The van der Waals surface area contributed by atoms with Crippen LogP contribution in [0.5, 0.6) is 11.5 Å². The summed E-state index contributed by atoms with van der Waals surface area (Å²) in [5.41, 5.74) is 15.4. The molecule has 380 valence electrons. The number of ether oxygens (including phenoxy) is 2. The van der Waals surface area contributed by atoms with Crippen molar-refractivity contribution in [2.24, 2.45) is 16.2 Å². The van der Waals surface area contributed by atoms with Crippen LogP contribution in [-0.4, -0.2) is 62.2 Å². The normalized spacial score (nSPS) is 22.4. The molecule has 4 N–H and O–H groups in total. The average Bonchev–Trinajstić information content (AvgIpc) is 4.04. The number of fused-ring (bicyclic) bond motifs is 3. The highest BCUT2D eigenvalue weighted by molar-refractivity contribution is 6.05. The Morgan fingerprint density at radius 2 is 1.07 bits per heavy atom. The number of nitrogens with one attached hydrogen (secondary N) is 4. The Morgan fingerprint density at radius 3 is 1.69 bits per heavy atom. The number of aromatic nitrogens is 6. The first-order valence-electron chi connectivity index (χ1n) is 25.9. The minimum Gasteiger partial charge on any atom is -0.497 e. The van der Waals surface area contributed by atoms with Gasteiger partial charge in [0.25, 0.3) is 0 Å². The number of ketones is 3. The van der Waals surface area contributed by atoms with E-state index in [1.54, 1.807) is 14.2 Å². The highest BCUT2D eigenvalue weighted by Crippen LogP contribution is 2.59. The van der Waals surface area contributed by atoms with Gasteiger partial charge in [-0.15, -0.1) is 0 Å². The second kappa shape index (κ2) is 16.5. The van der Waals surface area contributed by atoms with Crippen LogP contribution in [0, 0.1) is 43.9 Å². The maximum atomic E-state index is 15.1. The standard InChI is InChI=1S/C60H65N9O5/c1-29-21-34(50-46-30(2)62-65-55(46)61-38-23-58(5,6)26-42(70)52(38)50)15-20-39(29)69-41-25-60(9,10)28-44(72)54(41)51(48-32(4)64-67-57(48)69)37-19-16-35(22-45(37)74-12)68-40-24-59(7,8)27-43(71)53(40)49(47-31(3)63-66-56(47)68)33-13-17-36(73-11)18-14-33/h13-22,49-51H,23-28H2,1-12H3,(H,63,66)(H,64,67)(H2,61,62,65)/t49?,50?,51-/m1/s1. The average molecular weight is 992 g/mol. The van der Waals surface area contributed by atoms with E-state index in [0.29, 0.717) is 37.9 Å². The van der Waals surface area contributed by atoms with E-state index in [-0.39, 0.29) is 45.4 Å². The molecule has 0 amide bonds. The van der Waals surface area contributed by atoms with E-state index in [1.165, 1.54) is 0 Å². The van der Waals surface area contributed by atoms with E-state index in [2.05, 4.69) is 126 Å². The molecule has 3 aromatic carbocycles. The molecule has 2 unspecified atom stereocenters. The lowest BCUT2D eigenvalue weighted by atomic mass is 9.68. The molecule has 6 aliphatic rings. The Morgan fingerprint density at radius 1 is 0.541 bits per heavy atom. The zero-order chi connectivity index (χ0) is 52.1. The van der Waals surface area contributed by atoms with Crippen molar-refractivity contribution >= 4 is 46.2 Å². The first kappa shape index (κ1) is 47.5. The number of H-pyrrole nitrogens is 3. The van der Waals surface area contributed by atoms with Crippen molar-refractivity contribution in [1.29, 1.82) is 0 Å². The highest BCUT2D eigenvalue weighted by atomic mass is 16.5. The molecule has 6 aromatic rings. The number of carbonyl (C=O) groups is 3. The maximum Gasteiger partial charge on any atom is 0.163 e. The second-order valence-electron chi connectivity index (χ2n) is 24.1. The molecule has 3 aromatic heterocycles. The molecule has 12 rings (SSSR count). The molecule has 3 atom stereocenters. The molecule has 6 heterocycles. The smallest absolute Gasteiger partial charge is 0.163 e. The SMILES string of the molecule is COc1ccc(C2C3=C(CC(C)(C)CC3=O)N(c3ccc([C@H]4C5=C(CC(C)(C)CC5=O)N(c5ccc(C6C7=C(CC(C)(C)CC7=O)Nc7n[nH]c(C)c76)cc5C)c5n[nH]c(C)c54)c(OC)c3)c3n[nH]c(C)c32)cc1. The summed E-state index contributed by atoms with van der Waals surface area (Å²) in [5, 5.41) is 28.1. The van der Waals surface area contributed by atoms with Crippen molar-refractivity contribution < 1.29 is 23.9 Å². The molecule has 14 nitrogen and oxygen atoms in total. The lowest BCUT2D eigenvalue weighted by molar-refractivity contribution is -0.119. The molecule has 0 saturated carbocycles. The van der Waals surface area contributed by atoms with Gasteiger partial charge in [-0.1, -0.05) is 71.9 Å². The van der Waals surface area contributed by atoms with Crippen LogP contribution in [-0.2, 0) is 14.4 Å². The summed E-state index contributed by atoms with van der Waals surface area (Å²) in [6.07, 6.45) is 3.34. The third kappa shape index (κ3) is 7.25. The highest BCUT2D eigenvalue weighted by Gasteiger charge is 2.49. The monoisotopic (exact) mass is 992 g/mol. The fourth-order valence-corrected chi connectivity index (χ4v) is 13.5. The molecule has 0 radical (unpaired) electrons. The Bertz CT molecular complexity index is 3520. The topological polar surface area (TPSA) is 174 Å². The number of anilines is 5. The summed E-state index contributed by atoms with van der Waals surface area (Å²) < 4.78 is 12.0. The van der Waals surface area contributed by atoms with Gasteiger partial charge in [0, 0.05) is 116 Å². The van der Waals surface area contributed by atoms with Gasteiger partial charge in [0.1, 0.15) is 11.5 Å². The predicted octanol–water partition coefficient (Wildman–Crippen LogP) is 12.2. The van der Waals surface area contributed by atoms with Crippen LogP contribution in [0.15, 0.2) is 94.5 Å². The summed E-state index contributed by atoms with van der Waals surface area (Å²) in [6.45, 7) is 21.1. The number of hydrogen-bond donors (Lipinski definition) is 4. The summed E-state index contributed by atoms with van der Waals surface area (Å²) >= 11 is 0. The van der Waals surface area contributed by atoms with Crippen LogP contribution in [0.4, 0.5) is 28.8 Å². The maximum absolute atomic E-state index is 15.1. The van der Waals surface area contributed by atoms with Crippen LogP contribution in [0.2, 0.25) is 0 Å². The quantitative estimate of drug-likeness (QED) is 0.120. The number of nitrogens with zero attached hydrogens (tertiary/aromatic N) is 5. The van der Waals surface area contributed by atoms with Crippen molar-refractivity contribution in [2.75, 3.05) is 29.3 Å². The minimum atomic E-state index is -0.500. The van der Waals surface area contributed by atoms with Crippen LogP contribution < -0.4 is 24.6 Å². The molecule has 0 saturated heterocycles. The number of methoxy groups -OCH3 is 2. The number of hydrogen-bond acceptors (Lipinski definition) is 11. The van der Waals surface area contributed by atoms with Crippen molar-refractivity contribution in [3.63, 3.8) is 0 Å². The summed E-state index contributed by atoms with van der Waals surface area (Å²) in [6, 6.07) is 20.7. The summed E-state index contributed by atoms with van der Waals surface area (Å²) in [5.74, 6) is 2.86. The lowest BCUT2D eigenvalue weighted by Gasteiger charge is -2.44. The van der Waals surface area contributed by atoms with E-state index in [9.17, 15) is 9.59 Å². The fraction of sp³-hybridized carbons (Fsp3) is 0.400. The Hall–Kier alpha value is -7.48. The van der Waals surface area contributed by atoms with Crippen molar-refractivity contribution in [3.05, 3.63) is 151 Å². The van der Waals surface area contributed by atoms with E-state index in [1.807, 2.05) is 39.0 Å². The minimum absolute atomic E-state index is 0.0868. The van der Waals surface area contributed by atoms with Gasteiger partial charge in [-0.25, -0.2) is 0 Å². The van der Waals surface area contributed by atoms with Gasteiger partial charge in [-0.3, -0.25) is 39.5 Å². The van der Waals surface area contributed by atoms with Crippen LogP contribution >= 0.6 is 0 Å². The molecule has 3 aliphatic heterocycles. The number of aromatic amines is 3. The molecule has 0 bridgehead atoms. The lowest BCUT2D eigenvalue weighted by Crippen LogP contribution is -2.38. The van der Waals surface area contributed by atoms with Gasteiger partial charge in [0.05, 0.1) is 25.6 Å². The van der Waals surface area contributed by atoms with E-state index in [0.717, 1.165) is 131 Å². The third-order valence-electron chi connectivity index (χ3n) is 16.7. The van der Waals surface area contributed by atoms with Crippen molar-refractivity contribution in [2.45, 2.75) is 126 Å². The second-order valence-corrected chi connectivity index (χ2v) is 24.1. The molecule has 0 spiro atoms. The van der Waals surface area contributed by atoms with Gasteiger partial charge >= 0.3 is 0 Å². The van der Waals surface area contributed by atoms with Crippen LogP contribution in [0.1, 0.15) is 154 Å². The predicted molar refractivity (Wildman–Crippen MR) is 286 cm³/mol. The van der Waals surface area contributed by atoms with Gasteiger partial charge in [-0.05, 0) is 104 Å². The number of allylic oxidation sites excluding steroid dienone is 6. The molecule has 3 aliphatic carbocycles. The van der Waals surface area contributed by atoms with Crippen molar-refractivity contribution in [3.8, 4) is 11.5 Å². The third-order valence-corrected chi connectivity index (χ3v) is 16.7. The molecule has 0 fully saturated rings. The molecular formula is C60H65N9O5. The summed E-state index contributed by atoms with van der Waals surface area (Å²) in [4.78, 5) is 48.3. The van der Waals surface area contributed by atoms with Gasteiger partial charge in [0.2, 0.25) is 0 Å². The number of carbonyl (C=O) groups excluding carboxylic acids is 3. The number of aryl methyl sites for hydroxylation is 4.